The summed E-state index contributed by atoms with van der Waals surface area (Å²) in [6.07, 6.45) is 2.50. The van der Waals surface area contributed by atoms with Gasteiger partial charge in [0.2, 0.25) is 0 Å². The van der Waals surface area contributed by atoms with E-state index in [1.165, 1.54) is 36.6 Å². The average Bonchev–Trinajstić information content (AvgIpc) is 3.08. The molecule has 0 bridgehead atoms. The van der Waals surface area contributed by atoms with Gasteiger partial charge in [-0.1, -0.05) is 23.2 Å². The molecule has 1 N–H and O–H groups in total. The van der Waals surface area contributed by atoms with Gasteiger partial charge in [-0.05, 0) is 43.0 Å². The second kappa shape index (κ2) is 6.55. The van der Waals surface area contributed by atoms with Gasteiger partial charge in [0.05, 0.1) is 17.7 Å². The minimum atomic E-state index is -3.98. The van der Waals surface area contributed by atoms with E-state index in [-0.39, 0.29) is 25.5 Å². The molecule has 0 radical (unpaired) electrons. The maximum atomic E-state index is 12.7. The molecule has 0 atom stereocenters. The molecule has 9 heteroatoms. The van der Waals surface area contributed by atoms with E-state index in [1.54, 1.807) is 0 Å². The van der Waals surface area contributed by atoms with E-state index in [4.69, 9.17) is 27.9 Å². The lowest BCUT2D eigenvalue weighted by Crippen LogP contribution is -2.15. The van der Waals surface area contributed by atoms with E-state index in [2.05, 4.69) is 4.72 Å². The molecule has 0 fully saturated rings. The van der Waals surface area contributed by atoms with Gasteiger partial charge >= 0.3 is 5.97 Å². The number of benzene rings is 1. The first kappa shape index (κ1) is 17.5. The highest BCUT2D eigenvalue weighted by molar-refractivity contribution is 7.93. The lowest BCUT2D eigenvalue weighted by atomic mass is 10.1. The third kappa shape index (κ3) is 3.13. The van der Waals surface area contributed by atoms with E-state index in [0.29, 0.717) is 0 Å². The van der Waals surface area contributed by atoms with Crippen LogP contribution in [0.25, 0.3) is 0 Å². The maximum absolute atomic E-state index is 12.7. The molecular weight excluding hydrogens is 393 g/mol. The molecule has 0 spiro atoms. The zero-order valence-corrected chi connectivity index (χ0v) is 15.7. The van der Waals surface area contributed by atoms with Gasteiger partial charge in [0.15, 0.2) is 0 Å². The van der Waals surface area contributed by atoms with Gasteiger partial charge in [-0.15, -0.1) is 11.3 Å². The Bertz CT molecular complexity index is 922. The van der Waals surface area contributed by atoms with Crippen LogP contribution < -0.4 is 4.72 Å². The van der Waals surface area contributed by atoms with Crippen LogP contribution in [0, 0.1) is 0 Å². The minimum Gasteiger partial charge on any atom is -0.465 e. The number of nitrogens with one attached hydrogen (secondary N) is 1. The number of fused-ring (bicyclic) bond motifs is 1. The van der Waals surface area contributed by atoms with Crippen molar-refractivity contribution in [2.75, 3.05) is 11.8 Å². The number of sulfonamides is 1. The highest BCUT2D eigenvalue weighted by atomic mass is 35.5. The van der Waals surface area contributed by atoms with Crippen LogP contribution in [-0.2, 0) is 27.6 Å². The van der Waals surface area contributed by atoms with Crippen LogP contribution in [0.15, 0.2) is 23.1 Å². The number of anilines is 1. The largest absolute Gasteiger partial charge is 0.465 e. The smallest absolute Gasteiger partial charge is 0.341 e. The van der Waals surface area contributed by atoms with Crippen LogP contribution >= 0.6 is 34.5 Å². The van der Waals surface area contributed by atoms with Gasteiger partial charge in [-0.2, -0.15) is 0 Å². The number of hydrogen-bond acceptors (Lipinski definition) is 5. The second-order valence-corrected chi connectivity index (χ2v) is 8.83. The third-order valence-electron chi connectivity index (χ3n) is 3.72. The predicted octanol–water partition coefficient (Wildman–Crippen LogP) is 4.13. The molecular formula is C15H13Cl2NO4S2. The molecule has 128 valence electrons. The van der Waals surface area contributed by atoms with E-state index < -0.39 is 16.0 Å². The Balaban J connectivity index is 2.05. The topological polar surface area (TPSA) is 72.5 Å². The fourth-order valence-electron chi connectivity index (χ4n) is 2.65. The first-order chi connectivity index (χ1) is 11.3. The van der Waals surface area contributed by atoms with Gasteiger partial charge in [-0.3, -0.25) is 4.72 Å². The highest BCUT2D eigenvalue weighted by Gasteiger charge is 2.30. The van der Waals surface area contributed by atoms with E-state index >= 15 is 0 Å². The zero-order valence-electron chi connectivity index (χ0n) is 12.6. The van der Waals surface area contributed by atoms with Gasteiger partial charge < -0.3 is 4.74 Å². The number of carbonyl (C=O) groups is 1. The monoisotopic (exact) mass is 405 g/mol. The summed E-state index contributed by atoms with van der Waals surface area (Å²) in [4.78, 5) is 13.0. The molecule has 2 aromatic rings. The fraction of sp³-hybridized carbons (Fsp3) is 0.267. The summed E-state index contributed by atoms with van der Waals surface area (Å²) in [5.74, 6) is -0.552. The summed E-state index contributed by atoms with van der Waals surface area (Å²) in [6, 6.07) is 4.18. The van der Waals surface area contributed by atoms with Crippen LogP contribution in [0.3, 0.4) is 0 Å². The van der Waals surface area contributed by atoms with E-state index in [0.717, 1.165) is 29.7 Å². The van der Waals surface area contributed by atoms with Crippen molar-refractivity contribution < 1.29 is 17.9 Å². The predicted molar refractivity (Wildman–Crippen MR) is 95.0 cm³/mol. The first-order valence-corrected chi connectivity index (χ1v) is 10.1. The minimum absolute atomic E-state index is 0.0515. The molecule has 1 aliphatic carbocycles. The number of carbonyl (C=O) groups excluding carboxylic acids is 1. The SMILES string of the molecule is COC(=O)c1c(NS(=O)(=O)c2cc(Cl)ccc2Cl)sc2c1CCC2. The van der Waals surface area contributed by atoms with Crippen LogP contribution in [0.5, 0.6) is 0 Å². The number of ether oxygens (including phenoxy) is 1. The van der Waals surface area contributed by atoms with Crippen molar-refractivity contribution in [2.45, 2.75) is 24.2 Å². The van der Waals surface area contributed by atoms with E-state index in [9.17, 15) is 13.2 Å². The molecule has 3 rings (SSSR count). The van der Waals surface area contributed by atoms with Crippen molar-refractivity contribution in [3.8, 4) is 0 Å². The van der Waals surface area contributed by atoms with Gasteiger partial charge in [0.1, 0.15) is 9.90 Å². The Hall–Kier alpha value is -1.28. The summed E-state index contributed by atoms with van der Waals surface area (Å²) in [7, 11) is -2.71. The molecule has 1 aliphatic rings. The van der Waals surface area contributed by atoms with Crippen LogP contribution in [0.1, 0.15) is 27.2 Å². The van der Waals surface area contributed by atoms with Gasteiger partial charge in [0, 0.05) is 9.90 Å². The van der Waals surface area contributed by atoms with Crippen molar-refractivity contribution in [1.82, 2.24) is 0 Å². The fourth-order valence-corrected chi connectivity index (χ4v) is 6.00. The molecule has 24 heavy (non-hydrogen) atoms. The van der Waals surface area contributed by atoms with Crippen molar-refractivity contribution in [3.05, 3.63) is 44.2 Å². The lowest BCUT2D eigenvalue weighted by molar-refractivity contribution is 0.0601. The Kier molecular flexibility index (Phi) is 4.79. The van der Waals surface area contributed by atoms with Gasteiger partial charge in [0.25, 0.3) is 10.0 Å². The summed E-state index contributed by atoms with van der Waals surface area (Å²) >= 11 is 13.1. The number of thiophene rings is 1. The van der Waals surface area contributed by atoms with Crippen LogP contribution in [-0.4, -0.2) is 21.5 Å². The average molecular weight is 406 g/mol. The van der Waals surface area contributed by atoms with Gasteiger partial charge in [-0.25, -0.2) is 13.2 Å². The molecule has 1 heterocycles. The Labute approximate surface area is 153 Å². The Morgan fingerprint density at radius 2 is 2.04 bits per heavy atom. The third-order valence-corrected chi connectivity index (χ3v) is 7.12. The molecule has 1 aromatic heterocycles. The lowest BCUT2D eigenvalue weighted by Gasteiger charge is -2.10. The summed E-state index contributed by atoms with van der Waals surface area (Å²) < 4.78 is 32.6. The molecule has 0 saturated heterocycles. The second-order valence-electron chi connectivity index (χ2n) is 5.23. The van der Waals surface area contributed by atoms with Crippen molar-refractivity contribution in [1.29, 1.82) is 0 Å². The van der Waals surface area contributed by atoms with Crippen molar-refractivity contribution in [2.24, 2.45) is 0 Å². The quantitative estimate of drug-likeness (QED) is 0.775. The number of esters is 1. The molecule has 5 nitrogen and oxygen atoms in total. The van der Waals surface area contributed by atoms with Crippen molar-refractivity contribution in [3.63, 3.8) is 0 Å². The summed E-state index contributed by atoms with van der Waals surface area (Å²) in [5, 5.41) is 0.555. The molecule has 0 amide bonds. The summed E-state index contributed by atoms with van der Waals surface area (Å²) in [6.45, 7) is 0. The molecule has 1 aromatic carbocycles. The maximum Gasteiger partial charge on any atom is 0.341 e. The molecule has 0 saturated carbocycles. The number of hydrogen-bond donors (Lipinski definition) is 1. The molecule has 0 aliphatic heterocycles. The highest BCUT2D eigenvalue weighted by Crippen LogP contribution is 2.40. The zero-order chi connectivity index (χ0) is 17.5. The standard InChI is InChI=1S/C15H13Cl2NO4S2/c1-22-15(19)13-9-3-2-4-11(9)23-14(13)18-24(20,21)12-7-8(16)5-6-10(12)17/h5-7,18H,2-4H2,1H3. The number of aryl methyl sites for hydroxylation is 1. The van der Waals surface area contributed by atoms with E-state index in [1.807, 2.05) is 0 Å². The number of rotatable bonds is 4. The number of methoxy groups -OCH3 is 1. The normalized spacial score (nSPS) is 13.6. The van der Waals surface area contributed by atoms with Crippen LogP contribution in [0.2, 0.25) is 10.0 Å². The van der Waals surface area contributed by atoms with Crippen LogP contribution in [0.4, 0.5) is 5.00 Å². The molecule has 0 unspecified atom stereocenters. The Morgan fingerprint density at radius 1 is 1.29 bits per heavy atom. The number of halogens is 2. The summed E-state index contributed by atoms with van der Waals surface area (Å²) in [5.41, 5.74) is 1.15. The van der Waals surface area contributed by atoms with Crippen molar-refractivity contribution >= 4 is 55.5 Å². The Morgan fingerprint density at radius 3 is 2.75 bits per heavy atom. The first-order valence-electron chi connectivity index (χ1n) is 7.04.